The van der Waals surface area contributed by atoms with Crippen molar-refractivity contribution in [1.82, 2.24) is 4.90 Å². The number of halogens is 1. The maximum Gasteiger partial charge on any atom is 0.174 e. The van der Waals surface area contributed by atoms with E-state index < -0.39 is 0 Å². The number of benzene rings is 1. The van der Waals surface area contributed by atoms with Gasteiger partial charge in [-0.25, -0.2) is 0 Å². The number of ketones is 1. The van der Waals surface area contributed by atoms with Crippen LogP contribution in [0.5, 0.6) is 5.75 Å². The van der Waals surface area contributed by atoms with E-state index in [-0.39, 0.29) is 11.5 Å². The number of carbonyl (C=O) groups excluding carboxylic acids is 1. The molecule has 0 radical (unpaired) electrons. The molecule has 3 nitrogen and oxygen atoms in total. The first kappa shape index (κ1) is 15.2. The third-order valence-electron chi connectivity index (χ3n) is 6.87. The molecule has 2 bridgehead atoms. The fourth-order valence-electron chi connectivity index (χ4n) is 6.01. The van der Waals surface area contributed by atoms with E-state index in [1.165, 1.54) is 15.6 Å². The zero-order chi connectivity index (χ0) is 16.6. The van der Waals surface area contributed by atoms with Crippen LogP contribution < -0.4 is 4.74 Å². The van der Waals surface area contributed by atoms with E-state index in [0.29, 0.717) is 24.2 Å². The normalized spacial score (nSPS) is 36.2. The number of piperidine rings is 1. The summed E-state index contributed by atoms with van der Waals surface area (Å²) in [4.78, 5) is 15.3. The van der Waals surface area contributed by atoms with Crippen molar-refractivity contribution in [2.75, 3.05) is 13.1 Å². The Balaban J connectivity index is 1.77. The number of nitrogens with zero attached hydrogens (tertiary/aromatic N) is 1. The summed E-state index contributed by atoms with van der Waals surface area (Å²) in [5.41, 5.74) is 3.81. The SMILES string of the molecule is C=CCN1CC[C@@]23c4c5c(Br)cc(C)c4O[C@@H]2C(=O)CCC3C1C5. The van der Waals surface area contributed by atoms with Crippen LogP contribution in [0, 0.1) is 12.8 Å². The Morgan fingerprint density at radius 2 is 2.38 bits per heavy atom. The zero-order valence-corrected chi connectivity index (χ0v) is 15.6. The van der Waals surface area contributed by atoms with Crippen molar-refractivity contribution < 1.29 is 9.53 Å². The summed E-state index contributed by atoms with van der Waals surface area (Å²) < 4.78 is 7.55. The van der Waals surface area contributed by atoms with E-state index >= 15 is 0 Å². The highest BCUT2D eigenvalue weighted by molar-refractivity contribution is 9.10. The Morgan fingerprint density at radius 3 is 3.17 bits per heavy atom. The molecule has 1 aromatic carbocycles. The zero-order valence-electron chi connectivity index (χ0n) is 14.0. The molecule has 2 aliphatic carbocycles. The van der Waals surface area contributed by atoms with Gasteiger partial charge in [0, 0.05) is 34.5 Å². The molecule has 5 rings (SSSR count). The van der Waals surface area contributed by atoms with Crippen molar-refractivity contribution in [2.24, 2.45) is 5.92 Å². The minimum atomic E-state index is -0.258. The lowest BCUT2D eigenvalue weighted by Gasteiger charge is -2.57. The second-order valence-electron chi connectivity index (χ2n) is 7.81. The molecule has 0 N–H and O–H groups in total. The van der Waals surface area contributed by atoms with Crippen LogP contribution in [0.3, 0.4) is 0 Å². The fourth-order valence-corrected chi connectivity index (χ4v) is 6.72. The van der Waals surface area contributed by atoms with E-state index in [1.54, 1.807) is 0 Å². The van der Waals surface area contributed by atoms with Gasteiger partial charge in [0.25, 0.3) is 0 Å². The number of likely N-dealkylation sites (tertiary alicyclic amines) is 1. The minimum absolute atomic E-state index is 0.0882. The first-order valence-electron chi connectivity index (χ1n) is 8.94. The third kappa shape index (κ3) is 1.64. The molecule has 4 atom stereocenters. The predicted octanol–water partition coefficient (Wildman–Crippen LogP) is 3.55. The summed E-state index contributed by atoms with van der Waals surface area (Å²) in [5, 5.41) is 0. The summed E-state index contributed by atoms with van der Waals surface area (Å²) in [6.45, 7) is 8.01. The number of rotatable bonds is 2. The van der Waals surface area contributed by atoms with Crippen LogP contribution in [0.15, 0.2) is 23.2 Å². The molecule has 4 aliphatic rings. The predicted molar refractivity (Wildman–Crippen MR) is 96.6 cm³/mol. The van der Waals surface area contributed by atoms with Gasteiger partial charge in [-0.05, 0) is 55.8 Å². The van der Waals surface area contributed by atoms with Gasteiger partial charge in [0.2, 0.25) is 0 Å². The van der Waals surface area contributed by atoms with Crippen molar-refractivity contribution in [1.29, 1.82) is 0 Å². The van der Waals surface area contributed by atoms with Gasteiger partial charge in [-0.1, -0.05) is 22.0 Å². The lowest BCUT2D eigenvalue weighted by atomic mass is 9.51. The van der Waals surface area contributed by atoms with E-state index in [0.717, 1.165) is 43.7 Å². The molecule has 126 valence electrons. The Labute approximate surface area is 151 Å². The summed E-state index contributed by atoms with van der Waals surface area (Å²) in [6.07, 6.45) is 5.49. The highest BCUT2D eigenvalue weighted by Crippen LogP contribution is 2.62. The Bertz CT molecular complexity index is 773. The lowest BCUT2D eigenvalue weighted by molar-refractivity contribution is -0.138. The van der Waals surface area contributed by atoms with Gasteiger partial charge in [0.15, 0.2) is 11.9 Å². The third-order valence-corrected chi connectivity index (χ3v) is 7.57. The first-order chi connectivity index (χ1) is 11.6. The van der Waals surface area contributed by atoms with Gasteiger partial charge in [0.05, 0.1) is 0 Å². The standard InChI is InChI=1S/C20H22BrNO2/c1-3-7-22-8-6-20-13-4-5-16(23)19(20)24-18-11(2)9-14(21)12(17(18)20)10-15(13)22/h3,9,13,15,19H,1,4-8,10H2,2H3/t13?,15?,19-,20-/m1/s1. The Hall–Kier alpha value is -1.13. The monoisotopic (exact) mass is 387 g/mol. The molecular formula is C20H22BrNO2. The largest absolute Gasteiger partial charge is 0.481 e. The van der Waals surface area contributed by atoms with Gasteiger partial charge in [-0.3, -0.25) is 9.69 Å². The smallest absolute Gasteiger partial charge is 0.174 e. The van der Waals surface area contributed by atoms with Crippen molar-refractivity contribution >= 4 is 21.7 Å². The van der Waals surface area contributed by atoms with Crippen molar-refractivity contribution in [3.63, 3.8) is 0 Å². The van der Waals surface area contributed by atoms with Crippen LogP contribution in [-0.4, -0.2) is 35.9 Å². The minimum Gasteiger partial charge on any atom is -0.481 e. The molecule has 2 unspecified atom stereocenters. The van der Waals surface area contributed by atoms with Crippen LogP contribution in [0.4, 0.5) is 0 Å². The second kappa shape index (κ2) is 4.95. The van der Waals surface area contributed by atoms with Crippen LogP contribution in [0.1, 0.15) is 36.0 Å². The molecule has 24 heavy (non-hydrogen) atoms. The van der Waals surface area contributed by atoms with Gasteiger partial charge in [-0.2, -0.15) is 0 Å². The van der Waals surface area contributed by atoms with Crippen LogP contribution in [0.2, 0.25) is 0 Å². The molecule has 2 fully saturated rings. The molecule has 1 saturated carbocycles. The van der Waals surface area contributed by atoms with Gasteiger partial charge < -0.3 is 4.74 Å². The van der Waals surface area contributed by atoms with Gasteiger partial charge in [-0.15, -0.1) is 6.58 Å². The van der Waals surface area contributed by atoms with E-state index in [9.17, 15) is 4.79 Å². The lowest BCUT2D eigenvalue weighted by Crippen LogP contribution is -2.66. The van der Waals surface area contributed by atoms with Gasteiger partial charge >= 0.3 is 0 Å². The number of Topliss-reactive ketones (excluding diaryl/α,β-unsaturated/α-hetero) is 1. The summed E-state index contributed by atoms with van der Waals surface area (Å²) in [7, 11) is 0. The summed E-state index contributed by atoms with van der Waals surface area (Å²) in [6, 6.07) is 2.66. The van der Waals surface area contributed by atoms with Crippen LogP contribution in [0.25, 0.3) is 0 Å². The summed E-state index contributed by atoms with van der Waals surface area (Å²) >= 11 is 3.80. The topological polar surface area (TPSA) is 29.5 Å². The summed E-state index contributed by atoms with van der Waals surface area (Å²) in [5.74, 6) is 1.84. The highest BCUT2D eigenvalue weighted by atomic mass is 79.9. The maximum atomic E-state index is 12.8. The van der Waals surface area contributed by atoms with E-state index in [1.807, 2.05) is 6.08 Å². The highest BCUT2D eigenvalue weighted by Gasteiger charge is 2.65. The van der Waals surface area contributed by atoms with Crippen molar-refractivity contribution in [3.8, 4) is 5.75 Å². The number of hydrogen-bond acceptors (Lipinski definition) is 3. The molecule has 0 aromatic heterocycles. The molecule has 1 aromatic rings. The molecule has 2 aliphatic heterocycles. The van der Waals surface area contributed by atoms with E-state index in [2.05, 4.69) is 40.4 Å². The molecular weight excluding hydrogens is 366 g/mol. The Kier molecular flexibility index (Phi) is 3.12. The van der Waals surface area contributed by atoms with E-state index in [4.69, 9.17) is 4.74 Å². The van der Waals surface area contributed by atoms with Crippen molar-refractivity contribution in [2.45, 2.75) is 50.2 Å². The number of aryl methyl sites for hydroxylation is 1. The quantitative estimate of drug-likeness (QED) is 0.726. The Morgan fingerprint density at radius 1 is 1.54 bits per heavy atom. The van der Waals surface area contributed by atoms with Gasteiger partial charge in [0.1, 0.15) is 5.75 Å². The molecule has 0 amide bonds. The maximum absolute atomic E-state index is 12.8. The first-order valence-corrected chi connectivity index (χ1v) is 9.74. The molecule has 2 heterocycles. The second-order valence-corrected chi connectivity index (χ2v) is 8.67. The number of ether oxygens (including phenoxy) is 1. The average molecular weight is 388 g/mol. The molecule has 1 saturated heterocycles. The number of carbonyl (C=O) groups is 1. The average Bonchev–Trinajstić information content (AvgIpc) is 2.90. The van der Waals surface area contributed by atoms with Crippen LogP contribution in [-0.2, 0) is 16.6 Å². The molecule has 1 spiro atoms. The number of hydrogen-bond donors (Lipinski definition) is 0. The molecule has 4 heteroatoms. The van der Waals surface area contributed by atoms with Crippen LogP contribution >= 0.6 is 15.9 Å². The van der Waals surface area contributed by atoms with Crippen molar-refractivity contribution in [3.05, 3.63) is 39.9 Å². The fraction of sp³-hybridized carbons (Fsp3) is 0.550.